The van der Waals surface area contributed by atoms with Crippen molar-refractivity contribution in [2.75, 3.05) is 6.61 Å². The van der Waals surface area contributed by atoms with Gasteiger partial charge in [-0.2, -0.15) is 0 Å². The van der Waals surface area contributed by atoms with Crippen molar-refractivity contribution in [2.45, 2.75) is 6.42 Å². The molecule has 0 aliphatic carbocycles. The lowest BCUT2D eigenvalue weighted by molar-refractivity contribution is 0.0927. The highest BCUT2D eigenvalue weighted by Gasteiger charge is 1.96. The molecule has 0 heterocycles. The second-order valence-corrected chi connectivity index (χ2v) is 2.35. The third kappa shape index (κ3) is 5.09. The summed E-state index contributed by atoms with van der Waals surface area (Å²) in [6.07, 6.45) is -0.585. The van der Waals surface area contributed by atoms with Gasteiger partial charge < -0.3 is 9.84 Å². The summed E-state index contributed by atoms with van der Waals surface area (Å²) in [4.78, 5) is 9.97. The molecule has 0 unspecified atom stereocenters. The molecule has 0 amide bonds. The minimum atomic E-state index is -1.22. The third-order valence-electron chi connectivity index (χ3n) is 1.46. The van der Waals surface area contributed by atoms with Gasteiger partial charge in [-0.05, 0) is 5.56 Å². The summed E-state index contributed by atoms with van der Waals surface area (Å²) in [6, 6.07) is 9.62. The molecular weight excluding hydrogens is 192 g/mol. The smallest absolute Gasteiger partial charge is 0.450 e. The second kappa shape index (κ2) is 6.31. The molecule has 1 aromatic rings. The maximum atomic E-state index is 9.97. The normalized spacial score (nSPS) is 8.62. The highest BCUT2D eigenvalue weighted by Crippen LogP contribution is 1.99. The first-order chi connectivity index (χ1) is 5.79. The number of hydrogen-bond donors (Lipinski definition) is 1. The minimum Gasteiger partial charge on any atom is -0.450 e. The van der Waals surface area contributed by atoms with Crippen LogP contribution in [0.1, 0.15) is 5.56 Å². The Morgan fingerprint density at radius 3 is 2.46 bits per heavy atom. The van der Waals surface area contributed by atoms with Gasteiger partial charge in [0.15, 0.2) is 0 Å². The van der Waals surface area contributed by atoms with Crippen molar-refractivity contribution in [1.29, 1.82) is 0 Å². The van der Waals surface area contributed by atoms with Crippen LogP contribution in [0.4, 0.5) is 4.79 Å². The maximum Gasteiger partial charge on any atom is 0.505 e. The summed E-state index contributed by atoms with van der Waals surface area (Å²) in [7, 11) is 0. The van der Waals surface area contributed by atoms with Crippen molar-refractivity contribution in [3.63, 3.8) is 0 Å². The monoisotopic (exact) mass is 202 g/mol. The fourth-order valence-corrected chi connectivity index (χ4v) is 0.901. The third-order valence-corrected chi connectivity index (χ3v) is 1.46. The Labute approximate surface area is 82.7 Å². The average Bonchev–Trinajstić information content (AvgIpc) is 2.05. The van der Waals surface area contributed by atoms with Crippen LogP contribution in [0.25, 0.3) is 0 Å². The standard InChI is InChI=1S/C9H10O3.ClH/c10-9(11)12-7-6-8-4-2-1-3-5-8;/h1-5H,6-7H2,(H,10,11);1H. The van der Waals surface area contributed by atoms with E-state index in [0.29, 0.717) is 6.42 Å². The van der Waals surface area contributed by atoms with E-state index in [-0.39, 0.29) is 19.0 Å². The number of benzene rings is 1. The topological polar surface area (TPSA) is 46.5 Å². The minimum absolute atomic E-state index is 0. The molecule has 1 N–H and O–H groups in total. The summed E-state index contributed by atoms with van der Waals surface area (Å²) in [5, 5.41) is 8.17. The van der Waals surface area contributed by atoms with E-state index in [1.165, 1.54) is 0 Å². The van der Waals surface area contributed by atoms with Crippen molar-refractivity contribution < 1.29 is 14.6 Å². The summed E-state index contributed by atoms with van der Waals surface area (Å²) in [5.41, 5.74) is 1.08. The molecule has 0 saturated carbocycles. The second-order valence-electron chi connectivity index (χ2n) is 2.35. The van der Waals surface area contributed by atoms with Gasteiger partial charge in [0.2, 0.25) is 0 Å². The van der Waals surface area contributed by atoms with Crippen LogP contribution >= 0.6 is 12.4 Å². The molecule has 0 saturated heterocycles. The molecule has 1 aromatic carbocycles. The fourth-order valence-electron chi connectivity index (χ4n) is 0.901. The van der Waals surface area contributed by atoms with Crippen LogP contribution in [-0.4, -0.2) is 17.9 Å². The van der Waals surface area contributed by atoms with Gasteiger partial charge in [0.25, 0.3) is 0 Å². The van der Waals surface area contributed by atoms with Crippen molar-refractivity contribution >= 4 is 18.6 Å². The quantitative estimate of drug-likeness (QED) is 0.766. The first-order valence-corrected chi connectivity index (χ1v) is 3.68. The molecule has 1 rings (SSSR count). The Morgan fingerprint density at radius 1 is 1.31 bits per heavy atom. The van der Waals surface area contributed by atoms with Gasteiger partial charge in [0.05, 0.1) is 6.61 Å². The molecule has 0 radical (unpaired) electrons. The summed E-state index contributed by atoms with van der Waals surface area (Å²) < 4.78 is 4.36. The van der Waals surface area contributed by atoms with Crippen LogP contribution in [0, 0.1) is 0 Å². The van der Waals surface area contributed by atoms with Crippen molar-refractivity contribution in [2.24, 2.45) is 0 Å². The number of ether oxygens (including phenoxy) is 1. The van der Waals surface area contributed by atoms with Crippen molar-refractivity contribution in [3.05, 3.63) is 35.9 Å². The molecule has 0 atom stereocenters. The van der Waals surface area contributed by atoms with Gasteiger partial charge in [0, 0.05) is 6.42 Å². The lowest BCUT2D eigenvalue weighted by Gasteiger charge is -1.99. The Morgan fingerprint density at radius 2 is 1.92 bits per heavy atom. The van der Waals surface area contributed by atoms with Gasteiger partial charge >= 0.3 is 6.16 Å². The van der Waals surface area contributed by atoms with Crippen LogP contribution in [0.5, 0.6) is 0 Å². The fraction of sp³-hybridized carbons (Fsp3) is 0.222. The average molecular weight is 203 g/mol. The predicted molar refractivity (Wildman–Crippen MR) is 51.4 cm³/mol. The lowest BCUT2D eigenvalue weighted by Crippen LogP contribution is -2.03. The van der Waals surface area contributed by atoms with Gasteiger partial charge in [-0.3, -0.25) is 0 Å². The van der Waals surface area contributed by atoms with Crippen LogP contribution < -0.4 is 0 Å². The maximum absolute atomic E-state index is 9.97. The highest BCUT2D eigenvalue weighted by molar-refractivity contribution is 5.85. The van der Waals surface area contributed by atoms with E-state index >= 15 is 0 Å². The zero-order valence-electron chi connectivity index (χ0n) is 6.97. The Kier molecular flexibility index (Phi) is 5.72. The molecule has 72 valence electrons. The van der Waals surface area contributed by atoms with Crippen LogP contribution in [0.15, 0.2) is 30.3 Å². The van der Waals surface area contributed by atoms with E-state index in [1.54, 1.807) is 0 Å². The number of carboxylic acid groups (broad SMARTS) is 1. The predicted octanol–water partition coefficient (Wildman–Crippen LogP) is 2.35. The van der Waals surface area contributed by atoms with E-state index in [1.807, 2.05) is 30.3 Å². The Hall–Kier alpha value is -1.22. The van der Waals surface area contributed by atoms with Gasteiger partial charge in [-0.1, -0.05) is 30.3 Å². The molecule has 0 fully saturated rings. The van der Waals surface area contributed by atoms with Crippen molar-refractivity contribution in [1.82, 2.24) is 0 Å². The Bertz CT molecular complexity index is 248. The van der Waals surface area contributed by atoms with E-state index in [4.69, 9.17) is 5.11 Å². The van der Waals surface area contributed by atoms with Gasteiger partial charge in [-0.25, -0.2) is 4.79 Å². The molecule has 4 heteroatoms. The molecule has 3 nitrogen and oxygen atoms in total. The lowest BCUT2D eigenvalue weighted by atomic mass is 10.2. The zero-order valence-corrected chi connectivity index (χ0v) is 7.79. The van der Waals surface area contributed by atoms with Crippen molar-refractivity contribution in [3.8, 4) is 0 Å². The summed E-state index contributed by atoms with van der Waals surface area (Å²) in [5.74, 6) is 0. The molecule has 0 spiro atoms. The van der Waals surface area contributed by atoms with E-state index < -0.39 is 6.16 Å². The van der Waals surface area contributed by atoms with Crippen LogP contribution in [0.3, 0.4) is 0 Å². The van der Waals surface area contributed by atoms with Crippen LogP contribution in [0.2, 0.25) is 0 Å². The molecular formula is C9H11ClO3. The number of hydrogen-bond acceptors (Lipinski definition) is 2. The highest BCUT2D eigenvalue weighted by atomic mass is 35.5. The summed E-state index contributed by atoms with van der Waals surface area (Å²) in [6.45, 7) is 0.222. The Balaban J connectivity index is 0.00000144. The zero-order chi connectivity index (χ0) is 8.81. The largest absolute Gasteiger partial charge is 0.505 e. The number of carbonyl (C=O) groups is 1. The van der Waals surface area contributed by atoms with Gasteiger partial charge in [-0.15, -0.1) is 12.4 Å². The number of halogens is 1. The molecule has 0 aliphatic heterocycles. The van der Waals surface area contributed by atoms with E-state index in [2.05, 4.69) is 4.74 Å². The van der Waals surface area contributed by atoms with E-state index in [9.17, 15) is 4.79 Å². The molecule has 0 aromatic heterocycles. The van der Waals surface area contributed by atoms with Crippen LogP contribution in [-0.2, 0) is 11.2 Å². The molecule has 0 bridgehead atoms. The first kappa shape index (κ1) is 11.8. The molecule has 13 heavy (non-hydrogen) atoms. The van der Waals surface area contributed by atoms with Gasteiger partial charge in [0.1, 0.15) is 0 Å². The number of rotatable bonds is 3. The SMILES string of the molecule is Cl.O=C(O)OCCc1ccccc1. The van der Waals surface area contributed by atoms with E-state index in [0.717, 1.165) is 5.56 Å². The molecule has 0 aliphatic rings. The first-order valence-electron chi connectivity index (χ1n) is 3.68. The summed E-state index contributed by atoms with van der Waals surface area (Å²) >= 11 is 0.